The van der Waals surface area contributed by atoms with E-state index in [9.17, 15) is 12.8 Å². The van der Waals surface area contributed by atoms with Gasteiger partial charge in [-0.15, -0.1) is 0 Å². The molecule has 2 rings (SSSR count). The standard InChI is InChI=1S/C12H11BrFN3O2S/c13-7-1-3-10(9(14)5-7)17-11-4-2-8(15)6-12(11)20(16,18)19/h1-6,17H,15H2,(H2,16,18,19). The van der Waals surface area contributed by atoms with Gasteiger partial charge in [-0.05, 0) is 36.4 Å². The van der Waals surface area contributed by atoms with Gasteiger partial charge in [0.1, 0.15) is 10.7 Å². The van der Waals surface area contributed by atoms with Crippen LogP contribution in [0.15, 0.2) is 45.8 Å². The molecule has 2 aromatic carbocycles. The number of hydrogen-bond acceptors (Lipinski definition) is 4. The Hall–Kier alpha value is -1.64. The number of nitrogen functional groups attached to an aromatic ring is 1. The Kier molecular flexibility index (Phi) is 3.98. The lowest BCUT2D eigenvalue weighted by molar-refractivity contribution is 0.598. The van der Waals surface area contributed by atoms with Crippen LogP contribution in [-0.4, -0.2) is 8.42 Å². The molecule has 0 aromatic heterocycles. The molecule has 0 atom stereocenters. The molecule has 0 amide bonds. The Morgan fingerprint density at radius 1 is 1.10 bits per heavy atom. The van der Waals surface area contributed by atoms with Crippen LogP contribution in [-0.2, 0) is 10.0 Å². The fraction of sp³-hybridized carbons (Fsp3) is 0. The summed E-state index contributed by atoms with van der Waals surface area (Å²) in [5.74, 6) is -0.531. The zero-order valence-corrected chi connectivity index (χ0v) is 12.5. The quantitative estimate of drug-likeness (QED) is 0.733. The van der Waals surface area contributed by atoms with Crippen molar-refractivity contribution in [1.29, 1.82) is 0 Å². The highest BCUT2D eigenvalue weighted by Crippen LogP contribution is 2.28. The van der Waals surface area contributed by atoms with E-state index in [0.717, 1.165) is 0 Å². The van der Waals surface area contributed by atoms with Crippen LogP contribution in [0.5, 0.6) is 0 Å². The van der Waals surface area contributed by atoms with Crippen LogP contribution in [0.1, 0.15) is 0 Å². The maximum atomic E-state index is 13.7. The van der Waals surface area contributed by atoms with Crippen molar-refractivity contribution in [3.05, 3.63) is 46.7 Å². The van der Waals surface area contributed by atoms with E-state index in [0.29, 0.717) is 4.47 Å². The van der Waals surface area contributed by atoms with Crippen LogP contribution in [0, 0.1) is 5.82 Å². The van der Waals surface area contributed by atoms with E-state index in [2.05, 4.69) is 21.2 Å². The Bertz CT molecular complexity index is 765. The summed E-state index contributed by atoms with van der Waals surface area (Å²) in [6.45, 7) is 0. The van der Waals surface area contributed by atoms with Crippen molar-refractivity contribution in [2.75, 3.05) is 11.1 Å². The van der Waals surface area contributed by atoms with Crippen LogP contribution < -0.4 is 16.2 Å². The Morgan fingerprint density at radius 2 is 1.75 bits per heavy atom. The third-order valence-electron chi connectivity index (χ3n) is 2.51. The highest BCUT2D eigenvalue weighted by atomic mass is 79.9. The first-order valence-corrected chi connectivity index (χ1v) is 7.76. The smallest absolute Gasteiger partial charge is 0.240 e. The van der Waals surface area contributed by atoms with E-state index < -0.39 is 15.8 Å². The van der Waals surface area contributed by atoms with E-state index in [-0.39, 0.29) is 22.0 Å². The Balaban J connectivity index is 2.49. The summed E-state index contributed by atoms with van der Waals surface area (Å²) in [6, 6.07) is 8.50. The van der Waals surface area contributed by atoms with Crippen molar-refractivity contribution in [3.8, 4) is 0 Å². The number of anilines is 3. The van der Waals surface area contributed by atoms with Crippen molar-refractivity contribution >= 4 is 43.0 Å². The van der Waals surface area contributed by atoms with Crippen LogP contribution in [0.2, 0.25) is 0 Å². The van der Waals surface area contributed by atoms with Gasteiger partial charge in [-0.3, -0.25) is 0 Å². The highest BCUT2D eigenvalue weighted by Gasteiger charge is 2.15. The van der Waals surface area contributed by atoms with Crippen LogP contribution in [0.25, 0.3) is 0 Å². The van der Waals surface area contributed by atoms with Gasteiger partial charge in [0, 0.05) is 10.2 Å². The minimum Gasteiger partial charge on any atom is -0.399 e. The molecular formula is C12H11BrFN3O2S. The van der Waals surface area contributed by atoms with E-state index >= 15 is 0 Å². The van der Waals surface area contributed by atoms with Crippen molar-refractivity contribution < 1.29 is 12.8 Å². The Labute approximate surface area is 124 Å². The first-order chi connectivity index (χ1) is 9.27. The topological polar surface area (TPSA) is 98.2 Å². The van der Waals surface area contributed by atoms with Gasteiger partial charge in [0.2, 0.25) is 10.0 Å². The fourth-order valence-corrected chi connectivity index (χ4v) is 2.67. The van der Waals surface area contributed by atoms with Crippen LogP contribution >= 0.6 is 15.9 Å². The number of halogens is 2. The first kappa shape index (κ1) is 14.8. The van der Waals surface area contributed by atoms with Gasteiger partial charge in [-0.2, -0.15) is 0 Å². The molecule has 0 aliphatic heterocycles. The summed E-state index contributed by atoms with van der Waals surface area (Å²) in [7, 11) is -3.97. The van der Waals surface area contributed by atoms with Gasteiger partial charge in [-0.1, -0.05) is 15.9 Å². The molecule has 5 nitrogen and oxygen atoms in total. The maximum absolute atomic E-state index is 13.7. The molecule has 0 bridgehead atoms. The van der Waals surface area contributed by atoms with E-state index in [4.69, 9.17) is 10.9 Å². The fourth-order valence-electron chi connectivity index (χ4n) is 1.61. The third-order valence-corrected chi connectivity index (χ3v) is 3.96. The predicted molar refractivity (Wildman–Crippen MR) is 79.6 cm³/mol. The van der Waals surface area contributed by atoms with Crippen molar-refractivity contribution in [3.63, 3.8) is 0 Å². The normalized spacial score (nSPS) is 11.3. The predicted octanol–water partition coefficient (Wildman–Crippen LogP) is 2.56. The second-order valence-corrected chi connectivity index (χ2v) is 6.50. The molecule has 0 fully saturated rings. The minimum absolute atomic E-state index is 0.128. The van der Waals surface area contributed by atoms with E-state index in [1.54, 1.807) is 6.07 Å². The van der Waals surface area contributed by atoms with Gasteiger partial charge in [0.25, 0.3) is 0 Å². The number of hydrogen-bond donors (Lipinski definition) is 3. The average Bonchev–Trinajstić information content (AvgIpc) is 2.33. The average molecular weight is 360 g/mol. The zero-order valence-electron chi connectivity index (χ0n) is 10.1. The SMILES string of the molecule is Nc1ccc(Nc2ccc(Br)cc2F)c(S(N)(=O)=O)c1. The van der Waals surface area contributed by atoms with Crippen molar-refractivity contribution in [2.24, 2.45) is 5.14 Å². The molecule has 2 aromatic rings. The first-order valence-electron chi connectivity index (χ1n) is 5.42. The summed E-state index contributed by atoms with van der Waals surface area (Å²) in [4.78, 5) is -0.195. The van der Waals surface area contributed by atoms with E-state index in [1.165, 1.54) is 30.3 Å². The lowest BCUT2D eigenvalue weighted by atomic mass is 10.2. The lowest BCUT2D eigenvalue weighted by Crippen LogP contribution is -2.14. The molecule has 0 heterocycles. The maximum Gasteiger partial charge on any atom is 0.240 e. The van der Waals surface area contributed by atoms with E-state index in [1.807, 2.05) is 0 Å². The molecule has 0 aliphatic rings. The van der Waals surface area contributed by atoms with Crippen LogP contribution in [0.3, 0.4) is 0 Å². The molecule has 0 aliphatic carbocycles. The molecule has 8 heteroatoms. The molecule has 106 valence electrons. The van der Waals surface area contributed by atoms with Crippen molar-refractivity contribution in [1.82, 2.24) is 0 Å². The van der Waals surface area contributed by atoms with Gasteiger partial charge >= 0.3 is 0 Å². The molecule has 0 unspecified atom stereocenters. The monoisotopic (exact) mass is 359 g/mol. The van der Waals surface area contributed by atoms with Gasteiger partial charge in [0.05, 0.1) is 11.4 Å². The van der Waals surface area contributed by atoms with Crippen LogP contribution in [0.4, 0.5) is 21.5 Å². The highest BCUT2D eigenvalue weighted by molar-refractivity contribution is 9.10. The summed E-state index contributed by atoms with van der Waals surface area (Å²) < 4.78 is 37.4. The molecule has 20 heavy (non-hydrogen) atoms. The third kappa shape index (κ3) is 3.27. The second-order valence-electron chi connectivity index (χ2n) is 4.05. The summed E-state index contributed by atoms with van der Waals surface area (Å²) in [6.07, 6.45) is 0. The lowest BCUT2D eigenvalue weighted by Gasteiger charge is -2.12. The molecule has 0 saturated carbocycles. The number of primary sulfonamides is 1. The van der Waals surface area contributed by atoms with Gasteiger partial charge in [-0.25, -0.2) is 17.9 Å². The number of nitrogens with one attached hydrogen (secondary N) is 1. The molecular weight excluding hydrogens is 349 g/mol. The Morgan fingerprint density at radius 3 is 2.35 bits per heavy atom. The largest absolute Gasteiger partial charge is 0.399 e. The molecule has 5 N–H and O–H groups in total. The zero-order chi connectivity index (χ0) is 14.9. The number of nitrogens with two attached hydrogens (primary N) is 2. The number of benzene rings is 2. The molecule has 0 radical (unpaired) electrons. The number of rotatable bonds is 3. The van der Waals surface area contributed by atoms with Crippen molar-refractivity contribution in [2.45, 2.75) is 4.90 Å². The van der Waals surface area contributed by atoms with Gasteiger partial charge < -0.3 is 11.1 Å². The molecule has 0 saturated heterocycles. The second kappa shape index (κ2) is 5.39. The summed E-state index contributed by atoms with van der Waals surface area (Å²) in [5.41, 5.74) is 6.07. The summed E-state index contributed by atoms with van der Waals surface area (Å²) in [5, 5.41) is 7.81. The number of sulfonamides is 1. The minimum atomic E-state index is -3.97. The summed E-state index contributed by atoms with van der Waals surface area (Å²) >= 11 is 3.14. The van der Waals surface area contributed by atoms with Gasteiger partial charge in [0.15, 0.2) is 0 Å². The molecule has 0 spiro atoms.